The quantitative estimate of drug-likeness (QED) is 0.562. The van der Waals surface area contributed by atoms with E-state index in [1.54, 1.807) is 6.07 Å². The summed E-state index contributed by atoms with van der Waals surface area (Å²) >= 11 is 6.63. The van der Waals surface area contributed by atoms with E-state index in [9.17, 15) is 14.3 Å². The fraction of sp³-hybridized carbons (Fsp3) is 0.400. The van der Waals surface area contributed by atoms with Gasteiger partial charge in [-0.1, -0.05) is 11.6 Å². The Morgan fingerprint density at radius 1 is 1.16 bits per heavy atom. The zero-order chi connectivity index (χ0) is 22.2. The molecule has 2 aliphatic rings. The standard InChI is InChI=1S/C25H26ClFN2O3/c26-22-13-21(29-8-7-18-11-20(27)5-6-23(18)29)12-19-15-28(9-10-32-24(19)22)14-16-1-3-17(4-2-16)25(30)31/h5-8,11-13,16-17H,1-4,9-10,14-15H2,(H,30,31). The van der Waals surface area contributed by atoms with Crippen molar-refractivity contribution in [2.45, 2.75) is 32.2 Å². The summed E-state index contributed by atoms with van der Waals surface area (Å²) < 4.78 is 21.6. The van der Waals surface area contributed by atoms with Crippen molar-refractivity contribution < 1.29 is 19.0 Å². The summed E-state index contributed by atoms with van der Waals surface area (Å²) in [5.74, 6) is 0.134. The fourth-order valence-corrected chi connectivity index (χ4v) is 5.39. The minimum absolute atomic E-state index is 0.189. The van der Waals surface area contributed by atoms with Crippen LogP contribution in [0.1, 0.15) is 31.2 Å². The van der Waals surface area contributed by atoms with Crippen LogP contribution in [0.3, 0.4) is 0 Å². The number of nitrogens with zero attached hydrogens (tertiary/aromatic N) is 2. The third-order valence-corrected chi connectivity index (χ3v) is 7.08. The second-order valence-electron chi connectivity index (χ2n) is 8.94. The molecule has 1 saturated carbocycles. The Balaban J connectivity index is 1.38. The second kappa shape index (κ2) is 8.75. The van der Waals surface area contributed by atoms with Crippen molar-refractivity contribution in [1.82, 2.24) is 9.47 Å². The van der Waals surface area contributed by atoms with Crippen LogP contribution in [-0.4, -0.2) is 40.2 Å². The summed E-state index contributed by atoms with van der Waals surface area (Å²) in [5, 5.41) is 10.7. The molecule has 3 aromatic rings. The highest BCUT2D eigenvalue weighted by Crippen LogP contribution is 2.36. The molecule has 2 aromatic carbocycles. The maximum atomic E-state index is 13.6. The van der Waals surface area contributed by atoms with Crippen molar-refractivity contribution in [3.63, 3.8) is 0 Å². The van der Waals surface area contributed by atoms with Crippen molar-refractivity contribution in [2.75, 3.05) is 19.7 Å². The van der Waals surface area contributed by atoms with E-state index < -0.39 is 5.97 Å². The third kappa shape index (κ3) is 4.21. The van der Waals surface area contributed by atoms with Gasteiger partial charge in [0.2, 0.25) is 0 Å². The molecule has 5 rings (SSSR count). The summed E-state index contributed by atoms with van der Waals surface area (Å²) in [6.45, 7) is 3.05. The van der Waals surface area contributed by atoms with Gasteiger partial charge < -0.3 is 14.4 Å². The zero-order valence-corrected chi connectivity index (χ0v) is 18.5. The number of carboxylic acid groups (broad SMARTS) is 1. The minimum Gasteiger partial charge on any atom is -0.490 e. The lowest BCUT2D eigenvalue weighted by atomic mass is 9.82. The van der Waals surface area contributed by atoms with Gasteiger partial charge >= 0.3 is 5.97 Å². The Bertz CT molecular complexity index is 1150. The highest BCUT2D eigenvalue weighted by Gasteiger charge is 2.28. The van der Waals surface area contributed by atoms with Crippen molar-refractivity contribution >= 4 is 28.5 Å². The first-order chi connectivity index (χ1) is 15.5. The zero-order valence-electron chi connectivity index (χ0n) is 17.8. The first-order valence-electron chi connectivity index (χ1n) is 11.2. The van der Waals surface area contributed by atoms with E-state index in [-0.39, 0.29) is 11.7 Å². The smallest absolute Gasteiger partial charge is 0.306 e. The molecule has 0 unspecified atom stereocenters. The molecule has 1 N–H and O–H groups in total. The van der Waals surface area contributed by atoms with Crippen molar-refractivity contribution in [3.05, 3.63) is 59.0 Å². The van der Waals surface area contributed by atoms with Gasteiger partial charge in [0, 0.05) is 42.5 Å². The van der Waals surface area contributed by atoms with Crippen LogP contribution in [0.2, 0.25) is 5.02 Å². The molecule has 7 heteroatoms. The van der Waals surface area contributed by atoms with Crippen LogP contribution in [-0.2, 0) is 11.3 Å². The van der Waals surface area contributed by atoms with Crippen molar-refractivity contribution in [2.24, 2.45) is 11.8 Å². The van der Waals surface area contributed by atoms with Gasteiger partial charge in [-0.15, -0.1) is 0 Å². The number of benzene rings is 2. The van der Waals surface area contributed by atoms with Gasteiger partial charge in [-0.25, -0.2) is 4.39 Å². The molecule has 1 fully saturated rings. The summed E-state index contributed by atoms with van der Waals surface area (Å²) in [5.41, 5.74) is 2.87. The van der Waals surface area contributed by atoms with E-state index >= 15 is 0 Å². The average molecular weight is 457 g/mol. The number of aliphatic carboxylic acids is 1. The van der Waals surface area contributed by atoms with Crippen LogP contribution in [0.25, 0.3) is 16.6 Å². The molecular formula is C25H26ClFN2O3. The predicted octanol–water partition coefficient (Wildman–Crippen LogP) is 5.51. The summed E-state index contributed by atoms with van der Waals surface area (Å²) in [7, 11) is 0. The molecule has 0 saturated heterocycles. The van der Waals surface area contributed by atoms with Crippen LogP contribution in [0, 0.1) is 17.7 Å². The third-order valence-electron chi connectivity index (χ3n) is 6.80. The number of aromatic nitrogens is 1. The van der Waals surface area contributed by atoms with Crippen LogP contribution in [0.5, 0.6) is 5.75 Å². The molecule has 0 amide bonds. The number of hydrogen-bond acceptors (Lipinski definition) is 3. The van der Waals surface area contributed by atoms with Gasteiger partial charge in [0.15, 0.2) is 0 Å². The molecule has 1 aliphatic carbocycles. The number of carbonyl (C=O) groups is 1. The number of hydrogen-bond donors (Lipinski definition) is 1. The van der Waals surface area contributed by atoms with Gasteiger partial charge in [-0.3, -0.25) is 9.69 Å². The number of rotatable bonds is 4. The van der Waals surface area contributed by atoms with Crippen LogP contribution >= 0.6 is 11.6 Å². The predicted molar refractivity (Wildman–Crippen MR) is 122 cm³/mol. The molecule has 0 atom stereocenters. The summed E-state index contributed by atoms with van der Waals surface area (Å²) in [4.78, 5) is 13.6. The van der Waals surface area contributed by atoms with E-state index in [1.807, 2.05) is 22.9 Å². The number of ether oxygens (including phenoxy) is 1. The van der Waals surface area contributed by atoms with E-state index in [0.717, 1.165) is 73.2 Å². The van der Waals surface area contributed by atoms with Crippen LogP contribution < -0.4 is 4.74 Å². The summed E-state index contributed by atoms with van der Waals surface area (Å²) in [6, 6.07) is 10.7. The lowest BCUT2D eigenvalue weighted by Gasteiger charge is -2.30. The van der Waals surface area contributed by atoms with Crippen molar-refractivity contribution in [1.29, 1.82) is 0 Å². The van der Waals surface area contributed by atoms with E-state index in [1.165, 1.54) is 12.1 Å². The topological polar surface area (TPSA) is 54.7 Å². The largest absolute Gasteiger partial charge is 0.490 e. The van der Waals surface area contributed by atoms with Crippen LogP contribution in [0.15, 0.2) is 42.6 Å². The molecule has 0 radical (unpaired) electrons. The Labute approximate surface area is 191 Å². The molecular weight excluding hydrogens is 431 g/mol. The molecule has 2 heterocycles. The maximum Gasteiger partial charge on any atom is 0.306 e. The SMILES string of the molecule is O=C(O)C1CCC(CN2CCOc3c(Cl)cc(-n4ccc5cc(F)ccc54)cc3C2)CC1. The van der Waals surface area contributed by atoms with Gasteiger partial charge in [-0.2, -0.15) is 0 Å². The minimum atomic E-state index is -0.664. The molecule has 1 aliphatic heterocycles. The van der Waals surface area contributed by atoms with Gasteiger partial charge in [0.05, 0.1) is 16.5 Å². The lowest BCUT2D eigenvalue weighted by molar-refractivity contribution is -0.143. The number of fused-ring (bicyclic) bond motifs is 2. The molecule has 0 bridgehead atoms. The highest BCUT2D eigenvalue weighted by molar-refractivity contribution is 6.32. The first-order valence-corrected chi connectivity index (χ1v) is 11.5. The van der Waals surface area contributed by atoms with Crippen LogP contribution in [0.4, 0.5) is 4.39 Å². The Morgan fingerprint density at radius 2 is 1.97 bits per heavy atom. The molecule has 168 valence electrons. The van der Waals surface area contributed by atoms with Gasteiger partial charge in [0.1, 0.15) is 18.2 Å². The van der Waals surface area contributed by atoms with E-state index in [4.69, 9.17) is 16.3 Å². The van der Waals surface area contributed by atoms with E-state index in [2.05, 4.69) is 11.0 Å². The molecule has 0 spiro atoms. The summed E-state index contributed by atoms with van der Waals surface area (Å²) in [6.07, 6.45) is 5.36. The molecule has 5 nitrogen and oxygen atoms in total. The maximum absolute atomic E-state index is 13.6. The van der Waals surface area contributed by atoms with Gasteiger partial charge in [-0.05, 0) is 68.0 Å². The fourth-order valence-electron chi connectivity index (χ4n) is 5.10. The van der Waals surface area contributed by atoms with Crippen molar-refractivity contribution in [3.8, 4) is 11.4 Å². The van der Waals surface area contributed by atoms with Gasteiger partial charge in [0.25, 0.3) is 0 Å². The molecule has 1 aromatic heterocycles. The Morgan fingerprint density at radius 3 is 2.75 bits per heavy atom. The number of halogens is 2. The van der Waals surface area contributed by atoms with E-state index in [0.29, 0.717) is 17.5 Å². The normalized spacial score (nSPS) is 21.7. The number of carboxylic acids is 1. The first kappa shape index (κ1) is 21.3. The average Bonchev–Trinajstić information content (AvgIpc) is 3.07. The second-order valence-corrected chi connectivity index (χ2v) is 9.35. The monoisotopic (exact) mass is 456 g/mol. The molecule has 32 heavy (non-hydrogen) atoms. The Kier molecular flexibility index (Phi) is 5.82. The lowest BCUT2D eigenvalue weighted by Crippen LogP contribution is -2.33. The highest BCUT2D eigenvalue weighted by atomic mass is 35.5. The Hall–Kier alpha value is -2.57.